The Kier molecular flexibility index (Phi) is 3.67. The van der Waals surface area contributed by atoms with Crippen molar-refractivity contribution < 1.29 is 19.4 Å². The maximum atomic E-state index is 11.3. The van der Waals surface area contributed by atoms with Crippen molar-refractivity contribution in [3.63, 3.8) is 0 Å². The number of rotatable bonds is 4. The van der Waals surface area contributed by atoms with E-state index in [0.29, 0.717) is 0 Å². The molecule has 2 N–H and O–H groups in total. The van der Waals surface area contributed by atoms with Crippen molar-refractivity contribution >= 4 is 5.91 Å². The zero-order valence-electron chi connectivity index (χ0n) is 11.5. The lowest BCUT2D eigenvalue weighted by molar-refractivity contribution is -0.135. The Balaban J connectivity index is 2.18. The lowest BCUT2D eigenvalue weighted by Crippen LogP contribution is -2.59. The van der Waals surface area contributed by atoms with E-state index in [4.69, 9.17) is 9.47 Å². The molecule has 2 fully saturated rings. The second-order valence-corrected chi connectivity index (χ2v) is 5.91. The van der Waals surface area contributed by atoms with Gasteiger partial charge in [0.15, 0.2) is 0 Å². The molecule has 0 aromatic rings. The highest BCUT2D eigenvalue weighted by Crippen LogP contribution is 2.43. The maximum Gasteiger partial charge on any atom is 0.217 e. The number of fused-ring (bicyclic) bond motifs is 1. The Morgan fingerprint density at radius 2 is 2.00 bits per heavy atom. The van der Waals surface area contributed by atoms with Gasteiger partial charge in [-0.05, 0) is 11.8 Å². The van der Waals surface area contributed by atoms with Crippen LogP contribution in [0.15, 0.2) is 0 Å². The van der Waals surface area contributed by atoms with Crippen LogP contribution in [0.4, 0.5) is 0 Å². The van der Waals surface area contributed by atoms with Crippen LogP contribution in [0, 0.1) is 5.41 Å². The summed E-state index contributed by atoms with van der Waals surface area (Å²) in [4.78, 5) is 11.3. The smallest absolute Gasteiger partial charge is 0.217 e. The van der Waals surface area contributed by atoms with Gasteiger partial charge in [-0.2, -0.15) is 0 Å². The predicted molar refractivity (Wildman–Crippen MR) is 66.1 cm³/mol. The lowest BCUT2D eigenvalue weighted by Gasteiger charge is -2.42. The molecule has 5 unspecified atom stereocenters. The van der Waals surface area contributed by atoms with Crippen LogP contribution in [0.25, 0.3) is 0 Å². The Labute approximate surface area is 108 Å². The van der Waals surface area contributed by atoms with Gasteiger partial charge < -0.3 is 19.9 Å². The van der Waals surface area contributed by atoms with Crippen LogP contribution in [0.5, 0.6) is 0 Å². The minimum absolute atomic E-state index is 0.0179. The highest BCUT2D eigenvalue weighted by molar-refractivity contribution is 5.73. The molecule has 1 amide bonds. The van der Waals surface area contributed by atoms with Crippen LogP contribution in [-0.2, 0) is 14.3 Å². The molecule has 0 bridgehead atoms. The van der Waals surface area contributed by atoms with E-state index >= 15 is 0 Å². The summed E-state index contributed by atoms with van der Waals surface area (Å²) in [6, 6.07) is -0.120. The lowest BCUT2D eigenvalue weighted by atomic mass is 9.77. The van der Waals surface area contributed by atoms with Crippen molar-refractivity contribution in [3.05, 3.63) is 0 Å². The Morgan fingerprint density at radius 3 is 2.50 bits per heavy atom. The largest absolute Gasteiger partial charge is 0.394 e. The van der Waals surface area contributed by atoms with E-state index in [1.807, 2.05) is 0 Å². The van der Waals surface area contributed by atoms with Gasteiger partial charge in [0.1, 0.15) is 18.3 Å². The highest BCUT2D eigenvalue weighted by Gasteiger charge is 2.60. The van der Waals surface area contributed by atoms with Gasteiger partial charge in [0.2, 0.25) is 5.91 Å². The molecule has 0 aromatic heterocycles. The molecule has 0 aliphatic carbocycles. The van der Waals surface area contributed by atoms with Gasteiger partial charge in [0.25, 0.3) is 0 Å². The number of hydrogen-bond acceptors (Lipinski definition) is 4. The minimum Gasteiger partial charge on any atom is -0.394 e. The molecule has 0 radical (unpaired) electrons. The first-order chi connectivity index (χ1) is 8.40. The molecule has 2 heterocycles. The Hall–Kier alpha value is -0.650. The average Bonchev–Trinajstić information content (AvgIpc) is 3.08. The first kappa shape index (κ1) is 13.8. The first-order valence-corrected chi connectivity index (χ1v) is 6.59. The van der Waals surface area contributed by atoms with Crippen molar-refractivity contribution in [2.75, 3.05) is 6.61 Å². The molecule has 2 rings (SSSR count). The van der Waals surface area contributed by atoms with E-state index in [1.54, 1.807) is 0 Å². The van der Waals surface area contributed by atoms with Crippen molar-refractivity contribution in [3.8, 4) is 0 Å². The number of ether oxygens (including phenoxy) is 2. The standard InChI is InChI=1S/C13H23NO4/c1-5-13(3,4)12-9(14-7(2)16)11-10(18-11)8(6-15)17-12/h8-12,15H,5-6H2,1-4H3,(H,14,16). The molecule has 5 heteroatoms. The fraction of sp³-hybridized carbons (Fsp3) is 0.923. The van der Waals surface area contributed by atoms with Crippen LogP contribution < -0.4 is 5.32 Å². The number of aliphatic hydroxyl groups excluding tert-OH is 1. The monoisotopic (exact) mass is 257 g/mol. The number of nitrogens with one attached hydrogen (secondary N) is 1. The van der Waals surface area contributed by atoms with Crippen molar-refractivity contribution in [1.29, 1.82) is 0 Å². The SMILES string of the molecule is CCC(C)(C)C1OC(CO)C2OC2C1NC(C)=O. The normalized spacial score (nSPS) is 39.1. The fourth-order valence-corrected chi connectivity index (χ4v) is 2.66. The van der Waals surface area contributed by atoms with E-state index < -0.39 is 0 Å². The summed E-state index contributed by atoms with van der Waals surface area (Å²) in [6.45, 7) is 7.80. The second kappa shape index (κ2) is 4.79. The first-order valence-electron chi connectivity index (χ1n) is 6.59. The van der Waals surface area contributed by atoms with Gasteiger partial charge in [-0.3, -0.25) is 4.79 Å². The molecule has 2 aliphatic rings. The van der Waals surface area contributed by atoms with Crippen molar-refractivity contribution in [2.24, 2.45) is 5.41 Å². The summed E-state index contributed by atoms with van der Waals surface area (Å²) in [7, 11) is 0. The number of aliphatic hydroxyl groups is 1. The number of hydrogen-bond donors (Lipinski definition) is 2. The number of epoxide rings is 1. The summed E-state index contributed by atoms with van der Waals surface area (Å²) < 4.78 is 11.5. The van der Waals surface area contributed by atoms with Gasteiger partial charge in [0, 0.05) is 6.92 Å². The zero-order chi connectivity index (χ0) is 13.5. The van der Waals surface area contributed by atoms with E-state index in [9.17, 15) is 9.90 Å². The third-order valence-corrected chi connectivity index (χ3v) is 4.16. The third-order valence-electron chi connectivity index (χ3n) is 4.16. The van der Waals surface area contributed by atoms with E-state index in [1.165, 1.54) is 6.92 Å². The summed E-state index contributed by atoms with van der Waals surface area (Å²) >= 11 is 0. The predicted octanol–water partition coefficient (Wildman–Crippen LogP) is 0.454. The molecule has 0 saturated carbocycles. The van der Waals surface area contributed by atoms with Crippen LogP contribution in [0.3, 0.4) is 0 Å². The molecule has 18 heavy (non-hydrogen) atoms. The maximum absolute atomic E-state index is 11.3. The number of amides is 1. The van der Waals surface area contributed by atoms with E-state index in [-0.39, 0.29) is 48.4 Å². The fourth-order valence-electron chi connectivity index (χ4n) is 2.66. The number of carbonyl (C=O) groups is 1. The average molecular weight is 257 g/mol. The third kappa shape index (κ3) is 2.39. The molecule has 104 valence electrons. The molecule has 2 saturated heterocycles. The van der Waals surface area contributed by atoms with Crippen LogP contribution >= 0.6 is 0 Å². The summed E-state index contributed by atoms with van der Waals surface area (Å²) in [5.74, 6) is -0.0720. The molecule has 2 aliphatic heterocycles. The molecular formula is C13H23NO4. The van der Waals surface area contributed by atoms with Gasteiger partial charge in [-0.25, -0.2) is 0 Å². The van der Waals surface area contributed by atoms with Crippen LogP contribution in [0.1, 0.15) is 34.1 Å². The minimum atomic E-state index is -0.268. The molecule has 5 atom stereocenters. The van der Waals surface area contributed by atoms with E-state index in [2.05, 4.69) is 26.1 Å². The Morgan fingerprint density at radius 1 is 1.33 bits per heavy atom. The summed E-state index contributed by atoms with van der Waals surface area (Å²) in [6.07, 6.45) is 0.443. The van der Waals surface area contributed by atoms with Crippen molar-refractivity contribution in [2.45, 2.75) is 64.6 Å². The molecule has 0 aromatic carbocycles. The topological polar surface area (TPSA) is 71.1 Å². The quantitative estimate of drug-likeness (QED) is 0.718. The van der Waals surface area contributed by atoms with Gasteiger partial charge in [-0.1, -0.05) is 20.8 Å². The Bertz CT molecular complexity index is 331. The van der Waals surface area contributed by atoms with Crippen LogP contribution in [-0.4, -0.2) is 48.1 Å². The summed E-state index contributed by atoms with van der Waals surface area (Å²) in [5, 5.41) is 12.3. The van der Waals surface area contributed by atoms with Crippen molar-refractivity contribution in [1.82, 2.24) is 5.32 Å². The molecular weight excluding hydrogens is 234 g/mol. The van der Waals surface area contributed by atoms with Gasteiger partial charge >= 0.3 is 0 Å². The zero-order valence-corrected chi connectivity index (χ0v) is 11.5. The number of carbonyl (C=O) groups excluding carboxylic acids is 1. The van der Waals surface area contributed by atoms with E-state index in [0.717, 1.165) is 6.42 Å². The van der Waals surface area contributed by atoms with Gasteiger partial charge in [-0.15, -0.1) is 0 Å². The molecule has 5 nitrogen and oxygen atoms in total. The highest BCUT2D eigenvalue weighted by atomic mass is 16.6. The van der Waals surface area contributed by atoms with Gasteiger partial charge in [0.05, 0.1) is 18.8 Å². The van der Waals surface area contributed by atoms with Crippen LogP contribution in [0.2, 0.25) is 0 Å². The molecule has 0 spiro atoms. The summed E-state index contributed by atoms with van der Waals surface area (Å²) in [5.41, 5.74) is -0.0720. The second-order valence-electron chi connectivity index (χ2n) is 5.91.